The van der Waals surface area contributed by atoms with Gasteiger partial charge in [0.2, 0.25) is 4.96 Å². The molecule has 11 heteroatoms. The largest absolute Gasteiger partial charge is 0.433 e. The maximum absolute atomic E-state index is 12.3. The van der Waals surface area contributed by atoms with Gasteiger partial charge in [-0.1, -0.05) is 30.4 Å². The molecule has 28 heavy (non-hydrogen) atoms. The predicted molar refractivity (Wildman–Crippen MR) is 101 cm³/mol. The van der Waals surface area contributed by atoms with E-state index in [9.17, 15) is 14.9 Å². The van der Waals surface area contributed by atoms with Gasteiger partial charge in [-0.3, -0.25) is 14.9 Å². The summed E-state index contributed by atoms with van der Waals surface area (Å²) in [5, 5.41) is 26.9. The average molecular weight is 398 g/mol. The quantitative estimate of drug-likeness (QED) is 0.388. The normalized spacial score (nSPS) is 11.0. The van der Waals surface area contributed by atoms with E-state index < -0.39 is 16.7 Å². The second-order valence-corrected chi connectivity index (χ2v) is 6.85. The Kier molecular flexibility index (Phi) is 4.57. The Morgan fingerprint density at radius 1 is 1.32 bits per heavy atom. The van der Waals surface area contributed by atoms with Crippen molar-refractivity contribution in [3.8, 4) is 10.6 Å². The lowest BCUT2D eigenvalue weighted by Crippen LogP contribution is -2.10. The van der Waals surface area contributed by atoms with Gasteiger partial charge < -0.3 is 9.73 Å². The van der Waals surface area contributed by atoms with Crippen molar-refractivity contribution in [3.05, 3.63) is 58.1 Å². The summed E-state index contributed by atoms with van der Waals surface area (Å²) in [5.41, 5.74) is 1.32. The number of carbonyl (C=O) groups is 1. The maximum Gasteiger partial charge on any atom is 0.433 e. The molecule has 0 aliphatic heterocycles. The van der Waals surface area contributed by atoms with E-state index in [-0.39, 0.29) is 5.76 Å². The highest BCUT2D eigenvalue weighted by Crippen LogP contribution is 2.28. The van der Waals surface area contributed by atoms with Gasteiger partial charge in [-0.2, -0.15) is 9.61 Å². The molecule has 10 nitrogen and oxygen atoms in total. The molecule has 4 rings (SSSR count). The van der Waals surface area contributed by atoms with E-state index >= 15 is 0 Å². The molecular weight excluding hydrogens is 384 g/mol. The molecule has 0 aliphatic rings. The molecule has 3 heterocycles. The Bertz CT molecular complexity index is 1180. The van der Waals surface area contributed by atoms with Crippen LogP contribution in [0, 0.1) is 10.1 Å². The number of furan rings is 1. The summed E-state index contributed by atoms with van der Waals surface area (Å²) >= 11 is 1.40. The number of rotatable bonds is 6. The van der Waals surface area contributed by atoms with E-state index in [1.165, 1.54) is 17.4 Å². The van der Waals surface area contributed by atoms with Crippen LogP contribution in [-0.4, -0.2) is 30.6 Å². The van der Waals surface area contributed by atoms with Crippen LogP contribution in [0.5, 0.6) is 0 Å². The van der Waals surface area contributed by atoms with Crippen molar-refractivity contribution in [2.75, 3.05) is 5.32 Å². The maximum atomic E-state index is 12.3. The van der Waals surface area contributed by atoms with Gasteiger partial charge in [0.1, 0.15) is 9.93 Å². The second-order valence-electron chi connectivity index (χ2n) is 5.90. The molecule has 0 radical (unpaired) electrons. The Labute approximate surface area is 162 Å². The molecule has 0 atom stereocenters. The van der Waals surface area contributed by atoms with Gasteiger partial charge in [0.15, 0.2) is 11.6 Å². The summed E-state index contributed by atoms with van der Waals surface area (Å²) in [6, 6.07) is 9.53. The number of benzene rings is 1. The average Bonchev–Trinajstić information content (AvgIpc) is 3.39. The van der Waals surface area contributed by atoms with Crippen LogP contribution in [-0.2, 0) is 6.42 Å². The van der Waals surface area contributed by atoms with Crippen molar-refractivity contribution < 1.29 is 14.1 Å². The first kappa shape index (κ1) is 17.8. The first-order valence-corrected chi connectivity index (χ1v) is 9.24. The summed E-state index contributed by atoms with van der Waals surface area (Å²) in [5.74, 6) is -0.390. The molecule has 142 valence electrons. The minimum Gasteiger partial charge on any atom is -0.395 e. The second kappa shape index (κ2) is 7.19. The highest BCUT2D eigenvalue weighted by atomic mass is 32.1. The molecule has 0 aliphatic carbocycles. The summed E-state index contributed by atoms with van der Waals surface area (Å²) in [4.78, 5) is 22.9. The van der Waals surface area contributed by atoms with Crippen LogP contribution in [0.3, 0.4) is 0 Å². The Morgan fingerprint density at radius 3 is 2.93 bits per heavy atom. The first-order valence-electron chi connectivity index (χ1n) is 8.42. The van der Waals surface area contributed by atoms with Crippen molar-refractivity contribution in [1.82, 2.24) is 19.8 Å². The summed E-state index contributed by atoms with van der Waals surface area (Å²) < 4.78 is 6.65. The number of anilines is 1. The molecule has 1 N–H and O–H groups in total. The number of nitrogens with zero attached hydrogens (tertiary/aromatic N) is 5. The van der Waals surface area contributed by atoms with Crippen LogP contribution in [0.2, 0.25) is 0 Å². The smallest absolute Gasteiger partial charge is 0.395 e. The number of aryl methyl sites for hydroxylation is 1. The highest BCUT2D eigenvalue weighted by Gasteiger charge is 2.18. The van der Waals surface area contributed by atoms with Crippen molar-refractivity contribution >= 4 is 33.8 Å². The number of amides is 1. The molecule has 1 amide bonds. The molecule has 3 aromatic heterocycles. The van der Waals surface area contributed by atoms with E-state index in [2.05, 4.69) is 27.5 Å². The molecule has 0 spiro atoms. The van der Waals surface area contributed by atoms with Gasteiger partial charge in [0.25, 0.3) is 5.91 Å². The number of hydrogen-bond donors (Lipinski definition) is 1. The standard InChI is InChI=1S/C17H14N6O4S/c1-2-4-13-19-20-17-22(13)21-16(28-17)10-5-3-6-11(9-10)18-15(24)12-7-8-14(27-12)23(25)26/h3,5-9H,2,4H2,1H3,(H,18,24). The van der Waals surface area contributed by atoms with Crippen molar-refractivity contribution in [1.29, 1.82) is 0 Å². The van der Waals surface area contributed by atoms with Gasteiger partial charge >= 0.3 is 5.88 Å². The summed E-state index contributed by atoms with van der Waals surface area (Å²) in [6.07, 6.45) is 1.73. The van der Waals surface area contributed by atoms with Crippen LogP contribution in [0.25, 0.3) is 15.5 Å². The van der Waals surface area contributed by atoms with E-state index in [1.807, 2.05) is 6.07 Å². The van der Waals surface area contributed by atoms with E-state index in [4.69, 9.17) is 4.42 Å². The Hall–Kier alpha value is -3.60. The third-order valence-corrected chi connectivity index (χ3v) is 4.84. The van der Waals surface area contributed by atoms with Crippen LogP contribution in [0.15, 0.2) is 40.8 Å². The Balaban J connectivity index is 1.57. The SMILES string of the molecule is CCCc1nnc2sc(-c3cccc(NC(=O)c4ccc([N+](=O)[O-])o4)c3)nn12. The number of nitro groups is 1. The van der Waals surface area contributed by atoms with Crippen LogP contribution in [0.1, 0.15) is 29.7 Å². The number of carbonyl (C=O) groups excluding carboxylic acids is 1. The van der Waals surface area contributed by atoms with Crippen LogP contribution in [0.4, 0.5) is 11.6 Å². The van der Waals surface area contributed by atoms with E-state index in [1.54, 1.807) is 22.7 Å². The molecular formula is C17H14N6O4S. The fraction of sp³-hybridized carbons (Fsp3) is 0.176. The van der Waals surface area contributed by atoms with Crippen molar-refractivity contribution in [3.63, 3.8) is 0 Å². The van der Waals surface area contributed by atoms with Gasteiger partial charge in [0, 0.05) is 17.7 Å². The zero-order valence-corrected chi connectivity index (χ0v) is 15.5. The number of fused-ring (bicyclic) bond motifs is 1. The van der Waals surface area contributed by atoms with E-state index in [0.29, 0.717) is 10.6 Å². The molecule has 4 aromatic rings. The number of hydrogen-bond acceptors (Lipinski definition) is 8. The minimum atomic E-state index is -0.697. The third-order valence-electron chi connectivity index (χ3n) is 3.89. The molecule has 0 bridgehead atoms. The van der Waals surface area contributed by atoms with Gasteiger partial charge in [0.05, 0.1) is 6.07 Å². The molecule has 0 unspecified atom stereocenters. The highest BCUT2D eigenvalue weighted by molar-refractivity contribution is 7.19. The molecule has 0 saturated carbocycles. The number of nitrogens with one attached hydrogen (secondary N) is 1. The number of aromatic nitrogens is 4. The summed E-state index contributed by atoms with van der Waals surface area (Å²) in [7, 11) is 0. The lowest BCUT2D eigenvalue weighted by molar-refractivity contribution is -0.402. The first-order chi connectivity index (χ1) is 13.5. The fourth-order valence-corrected chi connectivity index (χ4v) is 3.48. The van der Waals surface area contributed by atoms with E-state index in [0.717, 1.165) is 35.3 Å². The third kappa shape index (κ3) is 3.34. The molecule has 1 aromatic carbocycles. The van der Waals surface area contributed by atoms with Gasteiger partial charge in [-0.25, -0.2) is 0 Å². The van der Waals surface area contributed by atoms with Crippen LogP contribution < -0.4 is 5.32 Å². The topological polar surface area (TPSA) is 128 Å². The van der Waals surface area contributed by atoms with Gasteiger partial charge in [-0.05, 0) is 24.6 Å². The van der Waals surface area contributed by atoms with Gasteiger partial charge in [-0.15, -0.1) is 10.2 Å². The monoisotopic (exact) mass is 398 g/mol. The van der Waals surface area contributed by atoms with Crippen molar-refractivity contribution in [2.24, 2.45) is 0 Å². The molecule has 0 fully saturated rings. The Morgan fingerprint density at radius 2 is 2.18 bits per heavy atom. The van der Waals surface area contributed by atoms with Crippen molar-refractivity contribution in [2.45, 2.75) is 19.8 Å². The lowest BCUT2D eigenvalue weighted by atomic mass is 10.2. The molecule has 0 saturated heterocycles. The lowest BCUT2D eigenvalue weighted by Gasteiger charge is -2.04. The summed E-state index contributed by atoms with van der Waals surface area (Å²) in [6.45, 7) is 2.06. The zero-order chi connectivity index (χ0) is 19.7. The predicted octanol–water partition coefficient (Wildman–Crippen LogP) is 3.56. The van der Waals surface area contributed by atoms with Crippen LogP contribution >= 0.6 is 11.3 Å². The minimum absolute atomic E-state index is 0.139. The zero-order valence-electron chi connectivity index (χ0n) is 14.7. The fourth-order valence-electron chi connectivity index (χ4n) is 2.62.